The Morgan fingerprint density at radius 1 is 1.23 bits per heavy atom. The van der Waals surface area contributed by atoms with Crippen molar-refractivity contribution in [3.63, 3.8) is 0 Å². The third-order valence-corrected chi connectivity index (χ3v) is 3.79. The number of thiophene rings is 1. The molecule has 4 nitrogen and oxygen atoms in total. The molecule has 5 heteroatoms. The first-order chi connectivity index (χ1) is 10.7. The van der Waals surface area contributed by atoms with Crippen LogP contribution in [0.5, 0.6) is 0 Å². The van der Waals surface area contributed by atoms with E-state index in [0.29, 0.717) is 30.0 Å². The SMILES string of the molecule is C#Cc1cccc(NC(=O)CCCNC(=O)c2cccs2)c1. The molecule has 2 amide bonds. The number of hydrogen-bond donors (Lipinski definition) is 2. The van der Waals surface area contributed by atoms with Crippen molar-refractivity contribution >= 4 is 28.8 Å². The Bertz CT molecular complexity index is 687. The number of nitrogens with one attached hydrogen (secondary N) is 2. The first-order valence-electron chi connectivity index (χ1n) is 6.87. The van der Waals surface area contributed by atoms with Crippen molar-refractivity contribution < 1.29 is 9.59 Å². The summed E-state index contributed by atoms with van der Waals surface area (Å²) < 4.78 is 0. The average Bonchev–Trinajstić information content (AvgIpc) is 3.06. The van der Waals surface area contributed by atoms with E-state index >= 15 is 0 Å². The Kier molecular flexibility index (Phi) is 5.75. The monoisotopic (exact) mass is 312 g/mol. The fourth-order valence-corrected chi connectivity index (χ4v) is 2.50. The van der Waals surface area contributed by atoms with Crippen LogP contribution >= 0.6 is 11.3 Å². The highest BCUT2D eigenvalue weighted by Crippen LogP contribution is 2.10. The molecule has 2 N–H and O–H groups in total. The van der Waals surface area contributed by atoms with Crippen LogP contribution in [0.1, 0.15) is 28.1 Å². The van der Waals surface area contributed by atoms with Gasteiger partial charge < -0.3 is 10.6 Å². The van der Waals surface area contributed by atoms with Crippen LogP contribution in [0.2, 0.25) is 0 Å². The normalized spacial score (nSPS) is 9.77. The molecule has 0 unspecified atom stereocenters. The Labute approximate surface area is 133 Å². The number of carbonyl (C=O) groups excluding carboxylic acids is 2. The van der Waals surface area contributed by atoms with Gasteiger partial charge in [0.25, 0.3) is 5.91 Å². The van der Waals surface area contributed by atoms with Gasteiger partial charge in [0, 0.05) is 24.2 Å². The van der Waals surface area contributed by atoms with E-state index in [1.807, 2.05) is 11.4 Å². The molecule has 112 valence electrons. The maximum absolute atomic E-state index is 11.8. The van der Waals surface area contributed by atoms with Crippen LogP contribution in [0.25, 0.3) is 0 Å². The van der Waals surface area contributed by atoms with Crippen LogP contribution in [-0.2, 0) is 4.79 Å². The van der Waals surface area contributed by atoms with Gasteiger partial charge >= 0.3 is 0 Å². The van der Waals surface area contributed by atoms with Gasteiger partial charge in [-0.1, -0.05) is 18.1 Å². The van der Waals surface area contributed by atoms with E-state index in [0.717, 1.165) is 5.56 Å². The van der Waals surface area contributed by atoms with E-state index in [9.17, 15) is 9.59 Å². The molecule has 0 aliphatic heterocycles. The quantitative estimate of drug-likeness (QED) is 0.636. The first-order valence-corrected chi connectivity index (χ1v) is 7.75. The minimum absolute atomic E-state index is 0.0976. The van der Waals surface area contributed by atoms with Crippen molar-refractivity contribution in [3.8, 4) is 12.3 Å². The van der Waals surface area contributed by atoms with Gasteiger partial charge in [0.1, 0.15) is 0 Å². The number of carbonyl (C=O) groups is 2. The molecule has 0 fully saturated rings. The molecule has 0 aliphatic rings. The van der Waals surface area contributed by atoms with Crippen molar-refractivity contribution in [2.75, 3.05) is 11.9 Å². The molecule has 22 heavy (non-hydrogen) atoms. The van der Waals surface area contributed by atoms with Crippen LogP contribution in [0.15, 0.2) is 41.8 Å². The molecule has 1 heterocycles. The number of benzene rings is 1. The standard InChI is InChI=1S/C17H16N2O2S/c1-2-13-6-3-7-14(12-13)19-16(20)9-4-10-18-17(21)15-8-5-11-22-15/h1,3,5-8,11-12H,4,9-10H2,(H,18,21)(H,19,20). The third-order valence-electron chi connectivity index (χ3n) is 2.92. The maximum Gasteiger partial charge on any atom is 0.261 e. The van der Waals surface area contributed by atoms with Gasteiger partial charge in [-0.25, -0.2) is 0 Å². The van der Waals surface area contributed by atoms with E-state index in [1.165, 1.54) is 11.3 Å². The molecule has 0 saturated carbocycles. The van der Waals surface area contributed by atoms with Crippen LogP contribution in [-0.4, -0.2) is 18.4 Å². The zero-order chi connectivity index (χ0) is 15.8. The van der Waals surface area contributed by atoms with Crippen LogP contribution in [0.4, 0.5) is 5.69 Å². The van der Waals surface area contributed by atoms with E-state index in [2.05, 4.69) is 16.6 Å². The molecule has 0 aliphatic carbocycles. The summed E-state index contributed by atoms with van der Waals surface area (Å²) in [7, 11) is 0. The lowest BCUT2D eigenvalue weighted by atomic mass is 10.2. The number of hydrogen-bond acceptors (Lipinski definition) is 3. The minimum Gasteiger partial charge on any atom is -0.351 e. The zero-order valence-electron chi connectivity index (χ0n) is 12.0. The van der Waals surface area contributed by atoms with Crippen LogP contribution in [0.3, 0.4) is 0 Å². The Hall–Kier alpha value is -2.58. The molecule has 0 spiro atoms. The summed E-state index contributed by atoms with van der Waals surface area (Å²) in [6, 6.07) is 10.7. The average molecular weight is 312 g/mol. The Morgan fingerprint density at radius 2 is 2.09 bits per heavy atom. The molecule has 0 radical (unpaired) electrons. The summed E-state index contributed by atoms with van der Waals surface area (Å²) in [5, 5.41) is 7.43. The summed E-state index contributed by atoms with van der Waals surface area (Å²) in [6.45, 7) is 0.467. The second kappa shape index (κ2) is 8.01. The van der Waals surface area contributed by atoms with Crippen molar-refractivity contribution in [2.45, 2.75) is 12.8 Å². The molecule has 0 atom stereocenters. The summed E-state index contributed by atoms with van der Waals surface area (Å²) in [4.78, 5) is 24.2. The van der Waals surface area contributed by atoms with Crippen molar-refractivity contribution in [2.24, 2.45) is 0 Å². The second-order valence-corrected chi connectivity index (χ2v) is 5.56. The molecule has 1 aromatic carbocycles. The summed E-state index contributed by atoms with van der Waals surface area (Å²) in [6.07, 6.45) is 6.23. The van der Waals surface area contributed by atoms with Gasteiger partial charge in [0.15, 0.2) is 0 Å². The third kappa shape index (κ3) is 4.76. The number of anilines is 1. The molecular weight excluding hydrogens is 296 g/mol. The van der Waals surface area contributed by atoms with E-state index in [4.69, 9.17) is 6.42 Å². The van der Waals surface area contributed by atoms with Gasteiger partial charge in [0.2, 0.25) is 5.91 Å². The highest BCUT2D eigenvalue weighted by molar-refractivity contribution is 7.12. The molecular formula is C17H16N2O2S. The first kappa shape index (κ1) is 15.8. The smallest absolute Gasteiger partial charge is 0.261 e. The summed E-state index contributed by atoms with van der Waals surface area (Å²) in [5.41, 5.74) is 1.41. The number of terminal acetylenes is 1. The largest absolute Gasteiger partial charge is 0.351 e. The van der Waals surface area contributed by atoms with E-state index in [1.54, 1.807) is 30.3 Å². The van der Waals surface area contributed by atoms with Gasteiger partial charge in [-0.05, 0) is 36.1 Å². The maximum atomic E-state index is 11.8. The predicted molar refractivity (Wildman–Crippen MR) is 88.9 cm³/mol. The van der Waals surface area contributed by atoms with Crippen molar-refractivity contribution in [1.82, 2.24) is 5.32 Å². The Morgan fingerprint density at radius 3 is 2.82 bits per heavy atom. The van der Waals surface area contributed by atoms with Gasteiger partial charge in [-0.15, -0.1) is 17.8 Å². The van der Waals surface area contributed by atoms with Crippen molar-refractivity contribution in [3.05, 3.63) is 52.2 Å². The Balaban J connectivity index is 1.70. The summed E-state index contributed by atoms with van der Waals surface area (Å²) in [5.74, 6) is 2.32. The minimum atomic E-state index is -0.0999. The summed E-state index contributed by atoms with van der Waals surface area (Å²) >= 11 is 1.39. The lowest BCUT2D eigenvalue weighted by molar-refractivity contribution is -0.116. The lowest BCUT2D eigenvalue weighted by Crippen LogP contribution is -2.24. The highest BCUT2D eigenvalue weighted by atomic mass is 32.1. The van der Waals surface area contributed by atoms with E-state index in [-0.39, 0.29) is 11.8 Å². The van der Waals surface area contributed by atoms with Gasteiger partial charge in [-0.3, -0.25) is 9.59 Å². The molecule has 2 rings (SSSR count). The number of rotatable bonds is 6. The van der Waals surface area contributed by atoms with Gasteiger partial charge in [-0.2, -0.15) is 0 Å². The molecule has 2 aromatic rings. The molecule has 1 aromatic heterocycles. The lowest BCUT2D eigenvalue weighted by Gasteiger charge is -2.06. The highest BCUT2D eigenvalue weighted by Gasteiger charge is 2.06. The number of amides is 2. The zero-order valence-corrected chi connectivity index (χ0v) is 12.8. The molecule has 0 bridgehead atoms. The van der Waals surface area contributed by atoms with Gasteiger partial charge in [0.05, 0.1) is 4.88 Å². The van der Waals surface area contributed by atoms with Crippen LogP contribution in [0, 0.1) is 12.3 Å². The fourth-order valence-electron chi connectivity index (χ4n) is 1.86. The second-order valence-electron chi connectivity index (χ2n) is 4.61. The predicted octanol–water partition coefficient (Wildman–Crippen LogP) is 2.88. The van der Waals surface area contributed by atoms with E-state index < -0.39 is 0 Å². The molecule has 0 saturated heterocycles. The fraction of sp³-hybridized carbons (Fsp3) is 0.176. The van der Waals surface area contributed by atoms with Crippen LogP contribution < -0.4 is 10.6 Å². The topological polar surface area (TPSA) is 58.2 Å². The van der Waals surface area contributed by atoms with Crippen molar-refractivity contribution in [1.29, 1.82) is 0 Å².